The molecule has 2 aliphatic rings. The normalized spacial score (nSPS) is 20.2. The lowest BCUT2D eigenvalue weighted by Crippen LogP contribution is -2.50. The van der Waals surface area contributed by atoms with Gasteiger partial charge in [0, 0.05) is 38.2 Å². The molecule has 0 spiro atoms. The van der Waals surface area contributed by atoms with Crippen LogP contribution in [0.25, 0.3) is 0 Å². The first-order valence-corrected chi connectivity index (χ1v) is 9.28. The van der Waals surface area contributed by atoms with Crippen molar-refractivity contribution < 1.29 is 14.3 Å². The van der Waals surface area contributed by atoms with Crippen LogP contribution in [0.15, 0.2) is 36.7 Å². The van der Waals surface area contributed by atoms with Crippen molar-refractivity contribution in [2.75, 3.05) is 44.9 Å². The lowest BCUT2D eigenvalue weighted by molar-refractivity contribution is -0.131. The summed E-state index contributed by atoms with van der Waals surface area (Å²) < 4.78 is 10.7. The lowest BCUT2D eigenvalue weighted by Gasteiger charge is -2.35. The maximum Gasteiger partial charge on any atom is 0.242 e. The van der Waals surface area contributed by atoms with E-state index in [0.717, 1.165) is 42.4 Å². The van der Waals surface area contributed by atoms with Crippen molar-refractivity contribution in [1.29, 1.82) is 0 Å². The molecule has 0 bridgehead atoms. The molecule has 2 saturated heterocycles. The summed E-state index contributed by atoms with van der Waals surface area (Å²) in [7, 11) is 1.65. The van der Waals surface area contributed by atoms with Crippen LogP contribution in [0, 0.1) is 0 Å². The third kappa shape index (κ3) is 4.03. The first kappa shape index (κ1) is 17.7. The summed E-state index contributed by atoms with van der Waals surface area (Å²) in [5.74, 6) is 2.06. The van der Waals surface area contributed by atoms with Crippen LogP contribution in [0.2, 0.25) is 0 Å². The molecule has 1 aromatic heterocycles. The molecule has 1 amide bonds. The number of piperazine rings is 1. The number of anilines is 1. The van der Waals surface area contributed by atoms with Gasteiger partial charge in [-0.15, -0.1) is 0 Å². The predicted molar refractivity (Wildman–Crippen MR) is 101 cm³/mol. The first-order chi connectivity index (χ1) is 13.2. The molecular weight excluding hydrogens is 344 g/mol. The number of nitrogens with zero attached hydrogens (tertiary/aromatic N) is 4. The molecule has 0 N–H and O–H groups in total. The highest BCUT2D eigenvalue weighted by atomic mass is 16.5. The van der Waals surface area contributed by atoms with E-state index in [4.69, 9.17) is 9.47 Å². The van der Waals surface area contributed by atoms with E-state index in [-0.39, 0.29) is 5.91 Å². The van der Waals surface area contributed by atoms with Gasteiger partial charge in [0.2, 0.25) is 5.91 Å². The lowest BCUT2D eigenvalue weighted by atomic mass is 10.0. The Morgan fingerprint density at radius 1 is 1.26 bits per heavy atom. The predicted octanol–water partition coefficient (Wildman–Crippen LogP) is 1.84. The minimum atomic E-state index is 0.105. The minimum Gasteiger partial charge on any atom is -0.497 e. The molecule has 0 saturated carbocycles. The fourth-order valence-electron chi connectivity index (χ4n) is 3.59. The summed E-state index contributed by atoms with van der Waals surface area (Å²) in [6.07, 6.45) is 2.58. The van der Waals surface area contributed by atoms with Crippen LogP contribution < -0.4 is 9.64 Å². The Bertz CT molecular complexity index is 807. The molecule has 0 unspecified atom stereocenters. The van der Waals surface area contributed by atoms with Crippen molar-refractivity contribution >= 4 is 11.7 Å². The Kier molecular flexibility index (Phi) is 5.20. The average Bonchev–Trinajstić information content (AvgIpc) is 3.25. The molecule has 7 heteroatoms. The fraction of sp³-hybridized carbons (Fsp3) is 0.450. The van der Waals surface area contributed by atoms with Gasteiger partial charge in [0.15, 0.2) is 0 Å². The molecule has 2 fully saturated rings. The number of carbonyl (C=O) groups is 1. The molecule has 2 aromatic rings. The number of amides is 1. The van der Waals surface area contributed by atoms with Gasteiger partial charge in [-0.1, -0.05) is 12.1 Å². The zero-order chi connectivity index (χ0) is 18.6. The Hall–Kier alpha value is -2.67. The molecule has 0 aliphatic carbocycles. The number of aromatic nitrogens is 2. The van der Waals surface area contributed by atoms with E-state index in [2.05, 4.69) is 9.97 Å². The van der Waals surface area contributed by atoms with E-state index < -0.39 is 0 Å². The molecule has 0 radical (unpaired) electrons. The molecule has 3 heterocycles. The molecule has 7 nitrogen and oxygen atoms in total. The summed E-state index contributed by atoms with van der Waals surface area (Å²) in [6.45, 7) is 3.85. The topological polar surface area (TPSA) is 67.8 Å². The van der Waals surface area contributed by atoms with Crippen molar-refractivity contribution in [2.24, 2.45) is 0 Å². The monoisotopic (exact) mass is 368 g/mol. The number of hydrogen-bond acceptors (Lipinski definition) is 6. The van der Waals surface area contributed by atoms with E-state index in [1.165, 1.54) is 0 Å². The van der Waals surface area contributed by atoms with Crippen molar-refractivity contribution in [3.05, 3.63) is 47.9 Å². The minimum absolute atomic E-state index is 0.105. The van der Waals surface area contributed by atoms with E-state index in [1.807, 2.05) is 40.1 Å². The Morgan fingerprint density at radius 2 is 2.19 bits per heavy atom. The molecular formula is C20H24N4O3. The number of benzene rings is 1. The van der Waals surface area contributed by atoms with Gasteiger partial charge >= 0.3 is 0 Å². The quantitative estimate of drug-likeness (QED) is 0.802. The zero-order valence-corrected chi connectivity index (χ0v) is 15.5. The van der Waals surface area contributed by atoms with Crippen LogP contribution in [0.5, 0.6) is 5.75 Å². The molecule has 27 heavy (non-hydrogen) atoms. The number of ether oxygens (including phenoxy) is 2. The number of methoxy groups -OCH3 is 1. The summed E-state index contributed by atoms with van der Waals surface area (Å²) in [4.78, 5) is 25.4. The Balaban J connectivity index is 1.41. The van der Waals surface area contributed by atoms with Gasteiger partial charge in [-0.3, -0.25) is 4.79 Å². The van der Waals surface area contributed by atoms with Crippen LogP contribution in [-0.2, 0) is 16.1 Å². The Morgan fingerprint density at radius 3 is 2.96 bits per heavy atom. The van der Waals surface area contributed by atoms with Crippen LogP contribution in [0.3, 0.4) is 0 Å². The second kappa shape index (κ2) is 7.92. The van der Waals surface area contributed by atoms with Gasteiger partial charge in [0.1, 0.15) is 17.9 Å². The van der Waals surface area contributed by atoms with Crippen LogP contribution in [0.1, 0.15) is 23.6 Å². The SMILES string of the molecule is COc1cccc(CN2CCN(c3cc([C@H]4CCOC4)ncn3)CC2=O)c1. The summed E-state index contributed by atoms with van der Waals surface area (Å²) >= 11 is 0. The average molecular weight is 368 g/mol. The molecule has 2 aliphatic heterocycles. The van der Waals surface area contributed by atoms with Crippen molar-refractivity contribution in [2.45, 2.75) is 18.9 Å². The number of carbonyl (C=O) groups excluding carboxylic acids is 1. The highest BCUT2D eigenvalue weighted by Crippen LogP contribution is 2.26. The summed E-state index contributed by atoms with van der Waals surface area (Å²) in [5, 5.41) is 0. The van der Waals surface area contributed by atoms with Gasteiger partial charge in [-0.05, 0) is 24.1 Å². The van der Waals surface area contributed by atoms with Crippen molar-refractivity contribution in [3.8, 4) is 5.75 Å². The van der Waals surface area contributed by atoms with Gasteiger partial charge in [-0.2, -0.15) is 0 Å². The van der Waals surface area contributed by atoms with Crippen LogP contribution in [-0.4, -0.2) is 60.7 Å². The van der Waals surface area contributed by atoms with Crippen molar-refractivity contribution in [1.82, 2.24) is 14.9 Å². The van der Waals surface area contributed by atoms with E-state index in [9.17, 15) is 4.79 Å². The maximum absolute atomic E-state index is 12.7. The third-order valence-electron chi connectivity index (χ3n) is 5.17. The summed E-state index contributed by atoms with van der Waals surface area (Å²) in [5.41, 5.74) is 2.07. The van der Waals surface area contributed by atoms with Gasteiger partial charge in [0.25, 0.3) is 0 Å². The second-order valence-electron chi connectivity index (χ2n) is 6.95. The summed E-state index contributed by atoms with van der Waals surface area (Å²) in [6, 6.07) is 9.85. The van der Waals surface area contributed by atoms with Gasteiger partial charge < -0.3 is 19.3 Å². The Labute approximate surface area is 158 Å². The van der Waals surface area contributed by atoms with Gasteiger partial charge in [-0.25, -0.2) is 9.97 Å². The maximum atomic E-state index is 12.7. The van der Waals surface area contributed by atoms with Crippen molar-refractivity contribution in [3.63, 3.8) is 0 Å². The smallest absolute Gasteiger partial charge is 0.242 e. The highest BCUT2D eigenvalue weighted by Gasteiger charge is 2.26. The van der Waals surface area contributed by atoms with Crippen LogP contribution in [0.4, 0.5) is 5.82 Å². The standard InChI is InChI=1S/C20H24N4O3/c1-26-17-4-2-3-15(9-17)11-24-7-6-23(12-20(24)25)19-10-18(21-14-22-19)16-5-8-27-13-16/h2-4,9-10,14,16H,5-8,11-13H2,1H3/t16-/m0/s1. The number of hydrogen-bond donors (Lipinski definition) is 0. The molecule has 1 atom stereocenters. The van der Waals surface area contributed by atoms with E-state index >= 15 is 0 Å². The van der Waals surface area contributed by atoms with E-state index in [1.54, 1.807) is 13.4 Å². The molecule has 1 aromatic carbocycles. The zero-order valence-electron chi connectivity index (χ0n) is 15.5. The third-order valence-corrected chi connectivity index (χ3v) is 5.17. The molecule has 4 rings (SSSR count). The van der Waals surface area contributed by atoms with Gasteiger partial charge in [0.05, 0.1) is 26.0 Å². The fourth-order valence-corrected chi connectivity index (χ4v) is 3.59. The number of rotatable bonds is 5. The largest absolute Gasteiger partial charge is 0.497 e. The second-order valence-corrected chi connectivity index (χ2v) is 6.95. The molecule has 142 valence electrons. The van der Waals surface area contributed by atoms with E-state index in [0.29, 0.717) is 32.2 Å². The first-order valence-electron chi connectivity index (χ1n) is 9.28. The highest BCUT2D eigenvalue weighted by molar-refractivity contribution is 5.82. The van der Waals surface area contributed by atoms with Crippen LogP contribution >= 0.6 is 0 Å².